The fourth-order valence-corrected chi connectivity index (χ4v) is 7.33. The number of ether oxygens (including phenoxy) is 4. The number of amides is 2. The molecule has 38 heavy (non-hydrogen) atoms. The molecule has 0 N–H and O–H groups in total. The Hall–Kier alpha value is -2.29. The van der Waals surface area contributed by atoms with Crippen LogP contribution in [0.5, 0.6) is 23.0 Å². The van der Waals surface area contributed by atoms with Crippen molar-refractivity contribution in [3.8, 4) is 23.0 Å². The molecule has 4 aliphatic heterocycles. The van der Waals surface area contributed by atoms with Crippen molar-refractivity contribution in [3.63, 3.8) is 0 Å². The van der Waals surface area contributed by atoms with Gasteiger partial charge >= 0.3 is 0 Å². The molecule has 2 aromatic rings. The Morgan fingerprint density at radius 3 is 1.32 bits per heavy atom. The van der Waals surface area contributed by atoms with Crippen molar-refractivity contribution >= 4 is 62.8 Å². The number of nitrogens with zero attached hydrogens (tertiary/aromatic N) is 2. The summed E-state index contributed by atoms with van der Waals surface area (Å²) in [5, 5.41) is 0. The third-order valence-electron chi connectivity index (χ3n) is 7.55. The number of halogens is 2. The highest BCUT2D eigenvalue weighted by Crippen LogP contribution is 2.44. The van der Waals surface area contributed by atoms with Crippen molar-refractivity contribution in [2.75, 3.05) is 52.6 Å². The second kappa shape index (κ2) is 9.42. The van der Waals surface area contributed by atoms with Gasteiger partial charge in [-0.1, -0.05) is 0 Å². The van der Waals surface area contributed by atoms with Crippen LogP contribution in [0.2, 0.25) is 0 Å². The molecular weight excluding hydrogens is 718 g/mol. The maximum Gasteiger partial charge on any atom is 0.255 e. The molecule has 2 amide bonds. The van der Waals surface area contributed by atoms with Crippen LogP contribution in [0.4, 0.5) is 0 Å². The largest absolute Gasteiger partial charge is 0.486 e. The third-order valence-corrected chi connectivity index (χ3v) is 9.34. The van der Waals surface area contributed by atoms with Crippen molar-refractivity contribution in [1.82, 2.24) is 9.80 Å². The summed E-state index contributed by atoms with van der Waals surface area (Å²) >= 11 is 4.27. The number of carbonyl (C=O) groups is 3. The number of likely N-dealkylation sites (tertiary alicyclic amines) is 2. The Bertz CT molecular complexity index is 1260. The number of ketones is 1. The molecule has 2 saturated heterocycles. The van der Waals surface area contributed by atoms with Gasteiger partial charge in [0.25, 0.3) is 11.8 Å². The minimum absolute atomic E-state index is 0.0897. The van der Waals surface area contributed by atoms with Crippen molar-refractivity contribution in [2.24, 2.45) is 10.8 Å². The van der Waals surface area contributed by atoms with Crippen molar-refractivity contribution in [2.45, 2.75) is 13.8 Å². The molecular formula is C27H26I2N2O7. The van der Waals surface area contributed by atoms with Crippen LogP contribution >= 0.6 is 45.2 Å². The molecule has 4 heterocycles. The highest BCUT2D eigenvalue weighted by atomic mass is 127. The average Bonchev–Trinajstić information content (AvgIpc) is 2.88. The van der Waals surface area contributed by atoms with Crippen molar-refractivity contribution in [1.29, 1.82) is 0 Å². The fraction of sp³-hybridized carbons (Fsp3) is 0.444. The minimum atomic E-state index is -0.894. The molecule has 2 aromatic carbocycles. The number of hydrogen-bond donors (Lipinski definition) is 0. The lowest BCUT2D eigenvalue weighted by molar-refractivity contribution is -0.153. The van der Waals surface area contributed by atoms with Gasteiger partial charge in [0.15, 0.2) is 28.8 Å². The summed E-state index contributed by atoms with van der Waals surface area (Å²) < 4.78 is 24.2. The van der Waals surface area contributed by atoms with E-state index in [1.54, 1.807) is 21.9 Å². The van der Waals surface area contributed by atoms with E-state index in [0.717, 1.165) is 7.14 Å². The van der Waals surface area contributed by atoms with Crippen molar-refractivity contribution in [3.05, 3.63) is 42.5 Å². The smallest absolute Gasteiger partial charge is 0.255 e. The number of carbonyl (C=O) groups excluding carboxylic acids is 3. The van der Waals surface area contributed by atoms with Crippen LogP contribution in [0, 0.1) is 18.0 Å². The number of rotatable bonds is 2. The van der Waals surface area contributed by atoms with Gasteiger partial charge in [-0.25, -0.2) is 0 Å². The Balaban J connectivity index is 1.27. The summed E-state index contributed by atoms with van der Waals surface area (Å²) in [6.45, 7) is 6.44. The summed E-state index contributed by atoms with van der Waals surface area (Å²) in [5.41, 5.74) is -0.745. The summed E-state index contributed by atoms with van der Waals surface area (Å²) in [4.78, 5) is 44.6. The van der Waals surface area contributed by atoms with Crippen LogP contribution in [0.1, 0.15) is 34.6 Å². The Morgan fingerprint density at radius 2 is 0.974 bits per heavy atom. The van der Waals surface area contributed by atoms with E-state index in [1.165, 1.54) is 0 Å². The van der Waals surface area contributed by atoms with Gasteiger partial charge in [0, 0.05) is 33.3 Å². The molecule has 0 aliphatic carbocycles. The first-order chi connectivity index (χ1) is 18.1. The van der Waals surface area contributed by atoms with E-state index < -0.39 is 10.8 Å². The molecule has 200 valence electrons. The first-order valence-corrected chi connectivity index (χ1v) is 14.6. The van der Waals surface area contributed by atoms with Gasteiger partial charge in [-0.3, -0.25) is 14.4 Å². The Morgan fingerprint density at radius 1 is 0.658 bits per heavy atom. The third kappa shape index (κ3) is 4.29. The topological polar surface area (TPSA) is 94.6 Å². The number of benzene rings is 2. The lowest BCUT2D eigenvalue weighted by Crippen LogP contribution is -2.69. The fourth-order valence-electron chi connectivity index (χ4n) is 6.00. The van der Waals surface area contributed by atoms with Crippen LogP contribution in [0.25, 0.3) is 0 Å². The van der Waals surface area contributed by atoms with Gasteiger partial charge in [0.05, 0.1) is 22.0 Å². The molecule has 0 spiro atoms. The monoisotopic (exact) mass is 744 g/mol. The van der Waals surface area contributed by atoms with Gasteiger partial charge in [0.2, 0.25) is 0 Å². The van der Waals surface area contributed by atoms with E-state index in [2.05, 4.69) is 45.2 Å². The zero-order chi connectivity index (χ0) is 26.8. The second-order valence-corrected chi connectivity index (χ2v) is 13.0. The van der Waals surface area contributed by atoms with Gasteiger partial charge < -0.3 is 28.7 Å². The maximum atomic E-state index is 13.8. The van der Waals surface area contributed by atoms with E-state index in [-0.39, 0.29) is 43.8 Å². The zero-order valence-corrected chi connectivity index (χ0v) is 25.3. The number of piperidine rings is 2. The second-order valence-electron chi connectivity index (χ2n) is 10.7. The minimum Gasteiger partial charge on any atom is -0.486 e. The molecule has 11 heteroatoms. The summed E-state index contributed by atoms with van der Waals surface area (Å²) in [7, 11) is 0. The summed E-state index contributed by atoms with van der Waals surface area (Å²) in [6.07, 6.45) is 0. The Kier molecular flexibility index (Phi) is 6.43. The molecule has 0 unspecified atom stereocenters. The molecule has 4 aliphatic rings. The zero-order valence-electron chi connectivity index (χ0n) is 21.0. The number of hydrogen-bond acceptors (Lipinski definition) is 7. The van der Waals surface area contributed by atoms with Gasteiger partial charge in [0.1, 0.15) is 26.4 Å². The van der Waals surface area contributed by atoms with Gasteiger partial charge in [-0.05, 0) is 83.3 Å². The number of fused-ring (bicyclic) bond motifs is 4. The molecule has 0 aromatic heterocycles. The first kappa shape index (κ1) is 26.0. The van der Waals surface area contributed by atoms with E-state index in [0.29, 0.717) is 60.6 Å². The normalized spacial score (nSPS) is 25.7. The molecule has 2 fully saturated rings. The lowest BCUT2D eigenvalue weighted by Gasteiger charge is -2.55. The van der Waals surface area contributed by atoms with E-state index >= 15 is 0 Å². The first-order valence-electron chi connectivity index (χ1n) is 12.4. The predicted octanol–water partition coefficient (Wildman–Crippen LogP) is 3.63. The molecule has 0 atom stereocenters. The van der Waals surface area contributed by atoms with Crippen LogP contribution in [-0.2, 0) is 4.79 Å². The lowest BCUT2D eigenvalue weighted by atomic mass is 9.64. The SMILES string of the molecule is CC12CN(C(=O)c3cc4c(cc3I)OCCO4)CC(C)(CN(C(=O)c3cc4c(cc3I)OCCO4)C1)C2=O. The molecule has 6 rings (SSSR count). The molecule has 2 bridgehead atoms. The number of Topliss-reactive ketones (excluding diaryl/α,β-unsaturated/α-hetero) is 1. The summed E-state index contributed by atoms with van der Waals surface area (Å²) in [6, 6.07) is 7.10. The summed E-state index contributed by atoms with van der Waals surface area (Å²) in [5.74, 6) is 2.14. The predicted molar refractivity (Wildman–Crippen MR) is 153 cm³/mol. The Labute approximate surface area is 247 Å². The van der Waals surface area contributed by atoms with E-state index in [9.17, 15) is 14.4 Å². The van der Waals surface area contributed by atoms with Crippen molar-refractivity contribution < 1.29 is 33.3 Å². The highest BCUT2D eigenvalue weighted by Gasteiger charge is 2.57. The van der Waals surface area contributed by atoms with Crippen LogP contribution in [-0.4, -0.2) is 80.0 Å². The van der Waals surface area contributed by atoms with Crippen LogP contribution < -0.4 is 18.9 Å². The maximum absolute atomic E-state index is 13.8. The average molecular weight is 744 g/mol. The molecule has 0 radical (unpaired) electrons. The standard InChI is InChI=1S/C27H26I2N2O7/c1-26-11-30(23(32)15-7-19-21(9-17(15)28)37-5-3-35-19)13-27(2,25(26)34)14-31(12-26)24(33)16-8-20-22(10-18(16)29)38-6-4-36-20/h7-10H,3-6,11-14H2,1-2H3. The molecule has 0 saturated carbocycles. The van der Waals surface area contributed by atoms with Gasteiger partial charge in [-0.15, -0.1) is 0 Å². The van der Waals surface area contributed by atoms with Gasteiger partial charge in [-0.2, -0.15) is 0 Å². The van der Waals surface area contributed by atoms with Crippen LogP contribution in [0.3, 0.4) is 0 Å². The van der Waals surface area contributed by atoms with Crippen LogP contribution in [0.15, 0.2) is 24.3 Å². The highest BCUT2D eigenvalue weighted by molar-refractivity contribution is 14.1. The van der Waals surface area contributed by atoms with E-state index in [1.807, 2.05) is 26.0 Å². The van der Waals surface area contributed by atoms with E-state index in [4.69, 9.17) is 18.9 Å². The molecule has 9 nitrogen and oxygen atoms in total. The quantitative estimate of drug-likeness (QED) is 0.434.